The number of hydrogen-bond donors (Lipinski definition) is 2. The van der Waals surface area contributed by atoms with Crippen LogP contribution in [0.15, 0.2) is 48.8 Å². The third kappa shape index (κ3) is 5.62. The number of nitrogens with two attached hydrogens (primary N) is 1. The van der Waals surface area contributed by atoms with Gasteiger partial charge in [-0.1, -0.05) is 0 Å². The van der Waals surface area contributed by atoms with Crippen LogP contribution in [0.25, 0.3) is 0 Å². The first kappa shape index (κ1) is 15.0. The Morgan fingerprint density at radius 1 is 1.14 bits per heavy atom. The summed E-state index contributed by atoms with van der Waals surface area (Å²) in [5, 5.41) is 2.75. The minimum absolute atomic E-state index is 0.0563. The van der Waals surface area contributed by atoms with Crippen molar-refractivity contribution in [1.29, 1.82) is 0 Å². The second-order valence-electron chi connectivity index (χ2n) is 4.68. The fraction of sp³-hybridized carbons (Fsp3) is 0.250. The molecule has 2 aromatic rings. The van der Waals surface area contributed by atoms with Gasteiger partial charge in [-0.3, -0.25) is 9.78 Å². The molecule has 3 N–H and O–H groups in total. The molecule has 1 amide bonds. The number of carbonyl (C=O) groups is 1. The van der Waals surface area contributed by atoms with Crippen LogP contribution in [-0.2, 0) is 16.0 Å². The molecule has 0 saturated heterocycles. The Morgan fingerprint density at radius 3 is 2.57 bits per heavy atom. The topological polar surface area (TPSA) is 77.2 Å². The third-order valence-corrected chi connectivity index (χ3v) is 2.93. The Morgan fingerprint density at radius 2 is 1.86 bits per heavy atom. The summed E-state index contributed by atoms with van der Waals surface area (Å²) in [4.78, 5) is 15.6. The number of nitrogen functional groups attached to an aromatic ring is 1. The minimum Gasteiger partial charge on any atom is -0.399 e. The molecule has 0 bridgehead atoms. The van der Waals surface area contributed by atoms with Gasteiger partial charge < -0.3 is 15.8 Å². The molecule has 0 radical (unpaired) electrons. The third-order valence-electron chi connectivity index (χ3n) is 2.93. The van der Waals surface area contributed by atoms with E-state index in [4.69, 9.17) is 10.5 Å². The molecule has 2 rings (SSSR count). The molecule has 21 heavy (non-hydrogen) atoms. The van der Waals surface area contributed by atoms with Gasteiger partial charge in [-0.2, -0.15) is 0 Å². The Bertz CT molecular complexity index is 555. The van der Waals surface area contributed by atoms with Gasteiger partial charge in [0.05, 0.1) is 0 Å². The number of carbonyl (C=O) groups excluding carboxylic acids is 1. The first-order valence-corrected chi connectivity index (χ1v) is 6.86. The summed E-state index contributed by atoms with van der Waals surface area (Å²) >= 11 is 0. The Labute approximate surface area is 124 Å². The highest BCUT2D eigenvalue weighted by molar-refractivity contribution is 5.91. The van der Waals surface area contributed by atoms with Gasteiger partial charge in [0, 0.05) is 30.4 Å². The lowest BCUT2D eigenvalue weighted by molar-refractivity contribution is -0.120. The maximum Gasteiger partial charge on any atom is 0.250 e. The van der Waals surface area contributed by atoms with Crippen molar-refractivity contribution in [3.63, 3.8) is 0 Å². The van der Waals surface area contributed by atoms with Crippen molar-refractivity contribution < 1.29 is 9.53 Å². The van der Waals surface area contributed by atoms with E-state index >= 15 is 0 Å². The first-order valence-electron chi connectivity index (χ1n) is 6.86. The van der Waals surface area contributed by atoms with Crippen molar-refractivity contribution in [3.05, 3.63) is 54.4 Å². The zero-order valence-corrected chi connectivity index (χ0v) is 11.8. The van der Waals surface area contributed by atoms with Crippen molar-refractivity contribution in [2.24, 2.45) is 0 Å². The van der Waals surface area contributed by atoms with Crippen LogP contribution in [0.5, 0.6) is 0 Å². The van der Waals surface area contributed by atoms with Crippen LogP contribution in [0.3, 0.4) is 0 Å². The van der Waals surface area contributed by atoms with Gasteiger partial charge >= 0.3 is 0 Å². The smallest absolute Gasteiger partial charge is 0.250 e. The van der Waals surface area contributed by atoms with E-state index in [0.717, 1.165) is 18.5 Å². The largest absolute Gasteiger partial charge is 0.399 e. The van der Waals surface area contributed by atoms with E-state index < -0.39 is 0 Å². The van der Waals surface area contributed by atoms with E-state index in [2.05, 4.69) is 10.3 Å². The lowest BCUT2D eigenvalue weighted by atomic mass is 10.1. The molecule has 0 aliphatic rings. The number of ether oxygens (including phenoxy) is 1. The van der Waals surface area contributed by atoms with E-state index in [-0.39, 0.29) is 12.5 Å². The standard InChI is InChI=1S/C16H19N3O2/c17-14-3-5-15(6-4-14)19-16(20)12-21-11-1-2-13-7-9-18-10-8-13/h3-10H,1-2,11-12,17H2,(H,19,20). The van der Waals surface area contributed by atoms with Gasteiger partial charge in [-0.15, -0.1) is 0 Å². The molecule has 5 nitrogen and oxygen atoms in total. The molecule has 0 aliphatic heterocycles. The van der Waals surface area contributed by atoms with Crippen molar-refractivity contribution in [1.82, 2.24) is 4.98 Å². The minimum atomic E-state index is -0.163. The van der Waals surface area contributed by atoms with Crippen LogP contribution in [0.2, 0.25) is 0 Å². The maximum atomic E-state index is 11.7. The number of amides is 1. The van der Waals surface area contributed by atoms with Crippen molar-refractivity contribution >= 4 is 17.3 Å². The molecule has 0 spiro atoms. The van der Waals surface area contributed by atoms with Crippen LogP contribution in [0, 0.1) is 0 Å². The van der Waals surface area contributed by atoms with Crippen LogP contribution in [0.1, 0.15) is 12.0 Å². The summed E-state index contributed by atoms with van der Waals surface area (Å²) in [7, 11) is 0. The van der Waals surface area contributed by atoms with Crippen LogP contribution < -0.4 is 11.1 Å². The van der Waals surface area contributed by atoms with E-state index in [9.17, 15) is 4.79 Å². The number of aromatic nitrogens is 1. The van der Waals surface area contributed by atoms with Gasteiger partial charge in [0.15, 0.2) is 0 Å². The highest BCUT2D eigenvalue weighted by atomic mass is 16.5. The molecule has 0 atom stereocenters. The Hall–Kier alpha value is -2.40. The van der Waals surface area contributed by atoms with E-state index in [1.165, 1.54) is 5.56 Å². The first-order chi connectivity index (χ1) is 10.2. The van der Waals surface area contributed by atoms with E-state index in [1.54, 1.807) is 36.7 Å². The number of benzene rings is 1. The van der Waals surface area contributed by atoms with Crippen molar-refractivity contribution in [2.45, 2.75) is 12.8 Å². The molecule has 1 heterocycles. The average molecular weight is 285 g/mol. The predicted molar refractivity (Wildman–Crippen MR) is 82.9 cm³/mol. The lowest BCUT2D eigenvalue weighted by Gasteiger charge is -2.06. The van der Waals surface area contributed by atoms with Gasteiger partial charge in [0.25, 0.3) is 0 Å². The molecule has 5 heteroatoms. The molecular weight excluding hydrogens is 266 g/mol. The molecule has 0 aliphatic carbocycles. The summed E-state index contributed by atoms with van der Waals surface area (Å²) < 4.78 is 5.36. The predicted octanol–water partition coefficient (Wildman–Crippen LogP) is 2.25. The molecule has 0 saturated carbocycles. The summed E-state index contributed by atoms with van der Waals surface area (Å²) in [5.41, 5.74) is 8.18. The Balaban J connectivity index is 1.60. The molecule has 1 aromatic heterocycles. The van der Waals surface area contributed by atoms with Crippen LogP contribution in [0.4, 0.5) is 11.4 Å². The number of nitrogens with zero attached hydrogens (tertiary/aromatic N) is 1. The molecule has 1 aromatic carbocycles. The highest BCUT2D eigenvalue weighted by Crippen LogP contribution is 2.10. The number of pyridine rings is 1. The summed E-state index contributed by atoms with van der Waals surface area (Å²) in [5.74, 6) is -0.163. The lowest BCUT2D eigenvalue weighted by Crippen LogP contribution is -2.18. The fourth-order valence-electron chi connectivity index (χ4n) is 1.86. The van der Waals surface area contributed by atoms with Crippen LogP contribution >= 0.6 is 0 Å². The molecule has 0 fully saturated rings. The highest BCUT2D eigenvalue weighted by Gasteiger charge is 2.02. The monoisotopic (exact) mass is 285 g/mol. The van der Waals surface area contributed by atoms with Crippen LogP contribution in [-0.4, -0.2) is 24.1 Å². The summed E-state index contributed by atoms with van der Waals surface area (Å²) in [6.07, 6.45) is 5.34. The van der Waals surface area contributed by atoms with Gasteiger partial charge in [-0.05, 0) is 54.8 Å². The van der Waals surface area contributed by atoms with Crippen molar-refractivity contribution in [2.75, 3.05) is 24.3 Å². The van der Waals surface area contributed by atoms with Gasteiger partial charge in [0.2, 0.25) is 5.91 Å². The van der Waals surface area contributed by atoms with Gasteiger partial charge in [-0.25, -0.2) is 0 Å². The second kappa shape index (κ2) is 8.01. The number of aryl methyl sites for hydroxylation is 1. The van der Waals surface area contributed by atoms with E-state index in [1.807, 2.05) is 12.1 Å². The number of anilines is 2. The average Bonchev–Trinajstić information content (AvgIpc) is 2.50. The normalized spacial score (nSPS) is 10.3. The zero-order chi connectivity index (χ0) is 14.9. The van der Waals surface area contributed by atoms with E-state index in [0.29, 0.717) is 12.3 Å². The summed E-state index contributed by atoms with van der Waals surface area (Å²) in [6.45, 7) is 0.609. The zero-order valence-electron chi connectivity index (χ0n) is 11.8. The number of hydrogen-bond acceptors (Lipinski definition) is 4. The summed E-state index contributed by atoms with van der Waals surface area (Å²) in [6, 6.07) is 11.0. The van der Waals surface area contributed by atoms with Gasteiger partial charge in [0.1, 0.15) is 6.61 Å². The molecular formula is C16H19N3O2. The maximum absolute atomic E-state index is 11.7. The number of nitrogens with one attached hydrogen (secondary N) is 1. The fourth-order valence-corrected chi connectivity index (χ4v) is 1.86. The molecule has 0 unspecified atom stereocenters. The number of rotatable bonds is 7. The Kier molecular flexibility index (Phi) is 5.72. The SMILES string of the molecule is Nc1ccc(NC(=O)COCCCc2ccncc2)cc1. The van der Waals surface area contributed by atoms with Crippen molar-refractivity contribution in [3.8, 4) is 0 Å². The quantitative estimate of drug-likeness (QED) is 0.604. The molecule has 110 valence electrons. The second-order valence-corrected chi connectivity index (χ2v) is 4.68.